The first-order valence-electron chi connectivity index (χ1n) is 6.32. The molecule has 0 radical (unpaired) electrons. The Hall–Kier alpha value is -2.04. The van der Waals surface area contributed by atoms with Gasteiger partial charge in [0.25, 0.3) is 5.91 Å². The number of piperidine rings is 1. The third-order valence-corrected chi connectivity index (χ3v) is 3.37. The highest BCUT2D eigenvalue weighted by molar-refractivity contribution is 5.93. The van der Waals surface area contributed by atoms with Crippen molar-refractivity contribution in [1.82, 2.24) is 20.1 Å². The van der Waals surface area contributed by atoms with Crippen LogP contribution in [0.2, 0.25) is 0 Å². The fourth-order valence-corrected chi connectivity index (χ4v) is 2.36. The number of carbonyl (C=O) groups is 1. The van der Waals surface area contributed by atoms with E-state index in [1.54, 1.807) is 6.20 Å². The molecule has 5 heteroatoms. The van der Waals surface area contributed by atoms with E-state index in [1.807, 2.05) is 23.2 Å². The second-order valence-electron chi connectivity index (χ2n) is 4.63. The van der Waals surface area contributed by atoms with E-state index >= 15 is 0 Å². The number of nitrogens with zero attached hydrogens (tertiary/aromatic N) is 2. The van der Waals surface area contributed by atoms with Gasteiger partial charge >= 0.3 is 0 Å². The highest BCUT2D eigenvalue weighted by atomic mass is 16.2. The minimum Gasteiger partial charge on any atom is -0.357 e. The van der Waals surface area contributed by atoms with Crippen LogP contribution in [-0.4, -0.2) is 39.1 Å². The molecule has 1 aliphatic heterocycles. The fourth-order valence-electron chi connectivity index (χ4n) is 2.36. The summed E-state index contributed by atoms with van der Waals surface area (Å²) in [6.45, 7) is 1.74. The first-order valence-corrected chi connectivity index (χ1v) is 6.32. The van der Waals surface area contributed by atoms with Crippen molar-refractivity contribution in [1.29, 1.82) is 0 Å². The van der Waals surface area contributed by atoms with Gasteiger partial charge in [0.05, 0.1) is 5.69 Å². The van der Waals surface area contributed by atoms with Gasteiger partial charge < -0.3 is 9.88 Å². The molecule has 1 saturated heterocycles. The highest BCUT2D eigenvalue weighted by Crippen LogP contribution is 2.19. The summed E-state index contributed by atoms with van der Waals surface area (Å²) in [6.07, 6.45) is 6.99. The zero-order valence-electron chi connectivity index (χ0n) is 10.1. The SMILES string of the molecule is O=C(c1cc(-c2ccn[nH]2)c[nH]1)N1CCCCC1. The molecular formula is C13H16N4O. The van der Waals surface area contributed by atoms with Crippen molar-refractivity contribution in [3.05, 3.63) is 30.2 Å². The van der Waals surface area contributed by atoms with Gasteiger partial charge in [-0.1, -0.05) is 0 Å². The zero-order valence-corrected chi connectivity index (χ0v) is 10.1. The van der Waals surface area contributed by atoms with Gasteiger partial charge in [0.1, 0.15) is 5.69 Å². The number of amides is 1. The standard InChI is InChI=1S/C13H16N4O/c18-13(17-6-2-1-3-7-17)12-8-10(9-14-12)11-4-5-15-16-11/h4-5,8-9,14H,1-3,6-7H2,(H,15,16). The second kappa shape index (κ2) is 4.68. The molecular weight excluding hydrogens is 228 g/mol. The van der Waals surface area contributed by atoms with E-state index in [1.165, 1.54) is 6.42 Å². The normalized spacial score (nSPS) is 15.9. The van der Waals surface area contributed by atoms with Crippen molar-refractivity contribution in [2.24, 2.45) is 0 Å². The fraction of sp³-hybridized carbons (Fsp3) is 0.385. The molecule has 0 aromatic carbocycles. The van der Waals surface area contributed by atoms with Crippen molar-refractivity contribution in [2.75, 3.05) is 13.1 Å². The Morgan fingerprint density at radius 2 is 2.11 bits per heavy atom. The minimum atomic E-state index is 0.0977. The molecule has 2 N–H and O–H groups in total. The summed E-state index contributed by atoms with van der Waals surface area (Å²) in [7, 11) is 0. The maximum atomic E-state index is 12.3. The quantitative estimate of drug-likeness (QED) is 0.849. The largest absolute Gasteiger partial charge is 0.357 e. The molecule has 2 aromatic rings. The van der Waals surface area contributed by atoms with E-state index in [0.717, 1.165) is 37.2 Å². The molecule has 18 heavy (non-hydrogen) atoms. The van der Waals surface area contributed by atoms with Crippen LogP contribution < -0.4 is 0 Å². The van der Waals surface area contributed by atoms with Gasteiger partial charge in [-0.15, -0.1) is 0 Å². The second-order valence-corrected chi connectivity index (χ2v) is 4.63. The summed E-state index contributed by atoms with van der Waals surface area (Å²) in [5.74, 6) is 0.0977. The average Bonchev–Trinajstić information content (AvgIpc) is 3.09. The summed E-state index contributed by atoms with van der Waals surface area (Å²) in [5, 5.41) is 6.80. The topological polar surface area (TPSA) is 64.8 Å². The third kappa shape index (κ3) is 2.03. The van der Waals surface area contributed by atoms with Crippen LogP contribution in [0.4, 0.5) is 0 Å². The number of rotatable bonds is 2. The molecule has 0 spiro atoms. The lowest BCUT2D eigenvalue weighted by Crippen LogP contribution is -2.35. The Morgan fingerprint density at radius 1 is 1.28 bits per heavy atom. The predicted molar refractivity (Wildman–Crippen MR) is 68.1 cm³/mol. The van der Waals surface area contributed by atoms with Crippen molar-refractivity contribution in [3.63, 3.8) is 0 Å². The predicted octanol–water partition coefficient (Wildman–Crippen LogP) is 2.03. The van der Waals surface area contributed by atoms with Crippen LogP contribution in [0.3, 0.4) is 0 Å². The average molecular weight is 244 g/mol. The number of aromatic amines is 2. The van der Waals surface area contributed by atoms with Gasteiger partial charge in [-0.2, -0.15) is 5.10 Å². The first-order chi connectivity index (χ1) is 8.84. The number of hydrogen-bond acceptors (Lipinski definition) is 2. The zero-order chi connectivity index (χ0) is 12.4. The number of hydrogen-bond donors (Lipinski definition) is 2. The van der Waals surface area contributed by atoms with Crippen LogP contribution in [0, 0.1) is 0 Å². The van der Waals surface area contributed by atoms with Crippen molar-refractivity contribution in [2.45, 2.75) is 19.3 Å². The molecule has 0 aliphatic carbocycles. The number of nitrogens with one attached hydrogen (secondary N) is 2. The molecule has 1 fully saturated rings. The van der Waals surface area contributed by atoms with Gasteiger partial charge in [-0.25, -0.2) is 0 Å². The van der Waals surface area contributed by atoms with E-state index in [4.69, 9.17) is 0 Å². The van der Waals surface area contributed by atoms with Gasteiger partial charge in [0.2, 0.25) is 0 Å². The number of H-pyrrole nitrogens is 2. The lowest BCUT2D eigenvalue weighted by Gasteiger charge is -2.26. The van der Waals surface area contributed by atoms with E-state index in [0.29, 0.717) is 5.69 Å². The van der Waals surface area contributed by atoms with Crippen LogP contribution in [0.5, 0.6) is 0 Å². The summed E-state index contributed by atoms with van der Waals surface area (Å²) < 4.78 is 0. The van der Waals surface area contributed by atoms with Crippen molar-refractivity contribution in [3.8, 4) is 11.3 Å². The molecule has 94 valence electrons. The maximum absolute atomic E-state index is 12.3. The minimum absolute atomic E-state index is 0.0977. The first kappa shape index (κ1) is 11.1. The van der Waals surface area contributed by atoms with E-state index < -0.39 is 0 Å². The summed E-state index contributed by atoms with van der Waals surface area (Å²) in [6, 6.07) is 3.77. The Bertz CT molecular complexity index is 523. The van der Waals surface area contributed by atoms with Crippen molar-refractivity contribution < 1.29 is 4.79 Å². The summed E-state index contributed by atoms with van der Waals surface area (Å²) in [5.41, 5.74) is 2.54. The Morgan fingerprint density at radius 3 is 2.83 bits per heavy atom. The highest BCUT2D eigenvalue weighted by Gasteiger charge is 2.19. The van der Waals surface area contributed by atoms with Gasteiger partial charge in [-0.3, -0.25) is 9.89 Å². The molecule has 0 saturated carbocycles. The lowest BCUT2D eigenvalue weighted by atomic mass is 10.1. The molecule has 2 aromatic heterocycles. The number of aromatic nitrogens is 3. The summed E-state index contributed by atoms with van der Waals surface area (Å²) >= 11 is 0. The van der Waals surface area contributed by atoms with Crippen LogP contribution in [0.25, 0.3) is 11.3 Å². The van der Waals surface area contributed by atoms with Gasteiger partial charge in [0, 0.05) is 31.0 Å². The Labute approximate surface area is 105 Å². The molecule has 5 nitrogen and oxygen atoms in total. The molecule has 3 heterocycles. The lowest BCUT2D eigenvalue weighted by molar-refractivity contribution is 0.0719. The van der Waals surface area contributed by atoms with Crippen LogP contribution in [-0.2, 0) is 0 Å². The monoisotopic (exact) mass is 244 g/mol. The van der Waals surface area contributed by atoms with Crippen LogP contribution in [0.15, 0.2) is 24.5 Å². The molecule has 3 rings (SSSR count). The van der Waals surface area contributed by atoms with Gasteiger partial charge in [-0.05, 0) is 31.4 Å². The van der Waals surface area contributed by atoms with E-state index in [2.05, 4.69) is 15.2 Å². The number of carbonyl (C=O) groups excluding carboxylic acids is 1. The molecule has 0 bridgehead atoms. The van der Waals surface area contributed by atoms with Crippen LogP contribution >= 0.6 is 0 Å². The summed E-state index contributed by atoms with van der Waals surface area (Å²) in [4.78, 5) is 17.2. The molecule has 1 amide bonds. The maximum Gasteiger partial charge on any atom is 0.270 e. The van der Waals surface area contributed by atoms with Gasteiger partial charge in [0.15, 0.2) is 0 Å². The Kier molecular flexibility index (Phi) is 2.88. The molecule has 0 atom stereocenters. The third-order valence-electron chi connectivity index (χ3n) is 3.37. The molecule has 0 unspecified atom stereocenters. The van der Waals surface area contributed by atoms with Crippen LogP contribution in [0.1, 0.15) is 29.8 Å². The van der Waals surface area contributed by atoms with Crippen molar-refractivity contribution >= 4 is 5.91 Å². The Balaban J connectivity index is 1.78. The molecule has 1 aliphatic rings. The van der Waals surface area contributed by atoms with E-state index in [-0.39, 0.29) is 5.91 Å². The number of likely N-dealkylation sites (tertiary alicyclic amines) is 1. The smallest absolute Gasteiger partial charge is 0.270 e. The van der Waals surface area contributed by atoms with E-state index in [9.17, 15) is 4.79 Å².